The lowest BCUT2D eigenvalue weighted by atomic mass is 10.2. The summed E-state index contributed by atoms with van der Waals surface area (Å²) in [5.41, 5.74) is 3.04. The predicted octanol–water partition coefficient (Wildman–Crippen LogP) is 3.27. The van der Waals surface area contributed by atoms with E-state index in [1.807, 2.05) is 24.3 Å². The molecule has 0 fully saturated rings. The highest BCUT2D eigenvalue weighted by atomic mass is 35.5. The number of aromatic nitrogens is 5. The van der Waals surface area contributed by atoms with E-state index < -0.39 is 0 Å². The molecule has 0 atom stereocenters. The molecule has 0 bridgehead atoms. The number of aromatic amines is 1. The Bertz CT molecular complexity index is 932. The number of fused-ring (bicyclic) bond motifs is 1. The average molecular weight is 327 g/mol. The molecule has 4 rings (SSSR count). The van der Waals surface area contributed by atoms with Gasteiger partial charge in [-0.2, -0.15) is 9.97 Å². The number of pyridine rings is 1. The van der Waals surface area contributed by atoms with Crippen LogP contribution in [0.15, 0.2) is 47.5 Å². The summed E-state index contributed by atoms with van der Waals surface area (Å²) in [6, 6.07) is 7.60. The third-order valence-electron chi connectivity index (χ3n) is 3.32. The SMILES string of the molecule is Clc1nc(NCc2ccc(-c3ccco3)nc2)c2[nH]cnc2n1. The number of imidazole rings is 1. The van der Waals surface area contributed by atoms with Crippen molar-refractivity contribution in [2.45, 2.75) is 6.54 Å². The fourth-order valence-corrected chi connectivity index (χ4v) is 2.38. The van der Waals surface area contributed by atoms with Gasteiger partial charge < -0.3 is 14.7 Å². The molecule has 4 aromatic heterocycles. The number of furan rings is 1. The molecular formula is C15H11ClN6O. The summed E-state index contributed by atoms with van der Waals surface area (Å²) in [5, 5.41) is 3.37. The lowest BCUT2D eigenvalue weighted by Gasteiger charge is -2.07. The van der Waals surface area contributed by atoms with Gasteiger partial charge in [0.2, 0.25) is 5.28 Å². The zero-order chi connectivity index (χ0) is 15.6. The van der Waals surface area contributed by atoms with Crippen molar-refractivity contribution in [1.29, 1.82) is 0 Å². The molecule has 2 N–H and O–H groups in total. The van der Waals surface area contributed by atoms with Gasteiger partial charge in [0.05, 0.1) is 12.6 Å². The van der Waals surface area contributed by atoms with Crippen molar-refractivity contribution in [1.82, 2.24) is 24.9 Å². The van der Waals surface area contributed by atoms with Crippen molar-refractivity contribution < 1.29 is 4.42 Å². The maximum Gasteiger partial charge on any atom is 0.226 e. The van der Waals surface area contributed by atoms with E-state index in [9.17, 15) is 0 Å². The van der Waals surface area contributed by atoms with Crippen LogP contribution in [0, 0.1) is 0 Å². The highest BCUT2D eigenvalue weighted by Gasteiger charge is 2.09. The topological polar surface area (TPSA) is 92.5 Å². The summed E-state index contributed by atoms with van der Waals surface area (Å²) >= 11 is 5.90. The van der Waals surface area contributed by atoms with E-state index in [1.54, 1.807) is 18.8 Å². The molecule has 0 amide bonds. The molecule has 0 aromatic carbocycles. The molecule has 0 aliphatic heterocycles. The molecule has 4 aromatic rings. The second-order valence-electron chi connectivity index (χ2n) is 4.82. The minimum Gasteiger partial charge on any atom is -0.463 e. The van der Waals surface area contributed by atoms with Gasteiger partial charge in [0.25, 0.3) is 0 Å². The molecule has 0 saturated carbocycles. The molecule has 0 spiro atoms. The third-order valence-corrected chi connectivity index (χ3v) is 3.49. The maximum atomic E-state index is 5.90. The van der Waals surface area contributed by atoms with E-state index in [0.29, 0.717) is 18.0 Å². The minimum absolute atomic E-state index is 0.151. The summed E-state index contributed by atoms with van der Waals surface area (Å²) in [6.45, 7) is 0.549. The highest BCUT2D eigenvalue weighted by molar-refractivity contribution is 6.28. The largest absolute Gasteiger partial charge is 0.463 e. The number of H-pyrrole nitrogens is 1. The lowest BCUT2D eigenvalue weighted by molar-refractivity contribution is 0.580. The summed E-state index contributed by atoms with van der Waals surface area (Å²) in [7, 11) is 0. The van der Waals surface area contributed by atoms with Crippen LogP contribution in [0.4, 0.5) is 5.82 Å². The number of halogens is 1. The van der Waals surface area contributed by atoms with Crippen LogP contribution in [0.1, 0.15) is 5.56 Å². The molecule has 4 heterocycles. The zero-order valence-corrected chi connectivity index (χ0v) is 12.6. The molecule has 7 nitrogen and oxygen atoms in total. The van der Waals surface area contributed by atoms with E-state index in [2.05, 4.69) is 30.2 Å². The summed E-state index contributed by atoms with van der Waals surface area (Å²) < 4.78 is 5.32. The summed E-state index contributed by atoms with van der Waals surface area (Å²) in [4.78, 5) is 19.7. The van der Waals surface area contributed by atoms with Gasteiger partial charge in [-0.3, -0.25) is 4.98 Å². The van der Waals surface area contributed by atoms with E-state index in [0.717, 1.165) is 22.5 Å². The Morgan fingerprint density at radius 2 is 2.13 bits per heavy atom. The zero-order valence-electron chi connectivity index (χ0n) is 11.8. The fraction of sp³-hybridized carbons (Fsp3) is 0.0667. The van der Waals surface area contributed by atoms with Crippen LogP contribution in [-0.4, -0.2) is 24.9 Å². The smallest absolute Gasteiger partial charge is 0.226 e. The van der Waals surface area contributed by atoms with Crippen molar-refractivity contribution in [3.8, 4) is 11.5 Å². The Morgan fingerprint density at radius 1 is 1.17 bits per heavy atom. The fourth-order valence-electron chi connectivity index (χ4n) is 2.22. The van der Waals surface area contributed by atoms with Gasteiger partial charge in [0.15, 0.2) is 17.2 Å². The average Bonchev–Trinajstić information content (AvgIpc) is 3.24. The predicted molar refractivity (Wildman–Crippen MR) is 86.0 cm³/mol. The molecular weight excluding hydrogens is 316 g/mol. The summed E-state index contributed by atoms with van der Waals surface area (Å²) in [5.74, 6) is 1.35. The standard InChI is InChI=1S/C15H11ClN6O/c16-15-21-13(12-14(22-15)20-8-19-12)18-7-9-3-4-10(17-6-9)11-2-1-5-23-11/h1-6,8H,7H2,(H2,18,19,20,21,22). The van der Waals surface area contributed by atoms with Crippen molar-refractivity contribution in [2.75, 3.05) is 5.32 Å². The normalized spacial score (nSPS) is 11.0. The number of hydrogen-bond acceptors (Lipinski definition) is 6. The van der Waals surface area contributed by atoms with Gasteiger partial charge in [0.1, 0.15) is 11.2 Å². The van der Waals surface area contributed by atoms with Crippen LogP contribution in [0.2, 0.25) is 5.28 Å². The van der Waals surface area contributed by atoms with Crippen molar-refractivity contribution in [3.63, 3.8) is 0 Å². The second kappa shape index (κ2) is 5.69. The maximum absolute atomic E-state index is 5.90. The van der Waals surface area contributed by atoms with Gasteiger partial charge >= 0.3 is 0 Å². The number of nitrogens with one attached hydrogen (secondary N) is 2. The molecule has 0 saturated heterocycles. The number of hydrogen-bond donors (Lipinski definition) is 2. The Kier molecular flexibility index (Phi) is 3.39. The number of nitrogens with zero attached hydrogens (tertiary/aromatic N) is 4. The lowest BCUT2D eigenvalue weighted by Crippen LogP contribution is -2.03. The van der Waals surface area contributed by atoms with E-state index in [-0.39, 0.29) is 5.28 Å². The van der Waals surface area contributed by atoms with E-state index in [1.165, 1.54) is 0 Å². The van der Waals surface area contributed by atoms with Crippen LogP contribution in [-0.2, 0) is 6.54 Å². The van der Waals surface area contributed by atoms with Crippen LogP contribution in [0.3, 0.4) is 0 Å². The Labute approximate surface area is 135 Å². The molecule has 114 valence electrons. The van der Waals surface area contributed by atoms with Gasteiger partial charge in [0, 0.05) is 12.7 Å². The van der Waals surface area contributed by atoms with Crippen LogP contribution in [0.5, 0.6) is 0 Å². The molecule has 0 aliphatic carbocycles. The summed E-state index contributed by atoms with van der Waals surface area (Å²) in [6.07, 6.45) is 4.97. The number of anilines is 1. The molecule has 0 unspecified atom stereocenters. The molecule has 0 radical (unpaired) electrons. The van der Waals surface area contributed by atoms with Crippen LogP contribution >= 0.6 is 11.6 Å². The first kappa shape index (κ1) is 13.7. The van der Waals surface area contributed by atoms with Crippen LogP contribution < -0.4 is 5.32 Å². The second-order valence-corrected chi connectivity index (χ2v) is 5.16. The van der Waals surface area contributed by atoms with Gasteiger partial charge in [-0.15, -0.1) is 0 Å². The highest BCUT2D eigenvalue weighted by Crippen LogP contribution is 2.20. The Morgan fingerprint density at radius 3 is 2.91 bits per heavy atom. The first-order valence-corrected chi connectivity index (χ1v) is 7.27. The number of rotatable bonds is 4. The van der Waals surface area contributed by atoms with Crippen LogP contribution in [0.25, 0.3) is 22.6 Å². The van der Waals surface area contributed by atoms with Gasteiger partial charge in [-0.25, -0.2) is 4.98 Å². The first-order chi connectivity index (χ1) is 11.3. The molecule has 8 heteroatoms. The quantitative estimate of drug-likeness (QED) is 0.559. The van der Waals surface area contributed by atoms with Crippen molar-refractivity contribution >= 4 is 28.6 Å². The monoisotopic (exact) mass is 326 g/mol. The van der Waals surface area contributed by atoms with E-state index in [4.69, 9.17) is 16.0 Å². The molecule has 0 aliphatic rings. The van der Waals surface area contributed by atoms with Crippen molar-refractivity contribution in [3.05, 3.63) is 53.9 Å². The minimum atomic E-state index is 0.151. The van der Waals surface area contributed by atoms with E-state index >= 15 is 0 Å². The van der Waals surface area contributed by atoms with Gasteiger partial charge in [-0.05, 0) is 35.4 Å². The third kappa shape index (κ3) is 2.74. The first-order valence-electron chi connectivity index (χ1n) is 6.89. The van der Waals surface area contributed by atoms with Crippen molar-refractivity contribution in [2.24, 2.45) is 0 Å². The Balaban J connectivity index is 1.53. The molecule has 23 heavy (non-hydrogen) atoms. The Hall–Kier alpha value is -2.93. The van der Waals surface area contributed by atoms with Gasteiger partial charge in [-0.1, -0.05) is 6.07 Å².